The summed E-state index contributed by atoms with van der Waals surface area (Å²) in [4.78, 5) is 14.2. The topological polar surface area (TPSA) is 55.9 Å². The summed E-state index contributed by atoms with van der Waals surface area (Å²) in [6.07, 6.45) is 0. The fourth-order valence-electron chi connectivity index (χ4n) is 2.30. The number of carboxylic acid groups (broad SMARTS) is 1. The van der Waals surface area contributed by atoms with E-state index in [1.807, 2.05) is 36.4 Å². The second-order valence-electron chi connectivity index (χ2n) is 4.66. The largest absolute Gasteiger partial charge is 0.550 e. The van der Waals surface area contributed by atoms with Gasteiger partial charge in [-0.15, -0.1) is 0 Å². The maximum Gasteiger partial charge on any atom is 0.0486 e. The first-order valence-corrected chi connectivity index (χ1v) is 6.36. The molecule has 0 saturated carbocycles. The van der Waals surface area contributed by atoms with Gasteiger partial charge >= 0.3 is 0 Å². The highest BCUT2D eigenvalue weighted by Crippen LogP contribution is 2.29. The quantitative estimate of drug-likeness (QED) is 0.780. The van der Waals surface area contributed by atoms with E-state index in [2.05, 4.69) is 4.98 Å². The highest BCUT2D eigenvalue weighted by atomic mass is 35.5. The highest BCUT2D eigenvalue weighted by Gasteiger charge is 2.10. The molecular formula is C15H11ClNO2-. The van der Waals surface area contributed by atoms with Crippen molar-refractivity contribution < 1.29 is 9.90 Å². The number of carbonyl (C=O) groups excluding carboxylic acids is 1. The number of aromatic nitrogens is 1. The monoisotopic (exact) mass is 272 g/mol. The lowest BCUT2D eigenvalue weighted by atomic mass is 10.00. The molecule has 0 radical (unpaired) electrons. The number of H-pyrrole nitrogens is 1. The van der Waals surface area contributed by atoms with Crippen LogP contribution in [-0.4, -0.2) is 11.0 Å². The molecule has 0 amide bonds. The van der Waals surface area contributed by atoms with E-state index in [1.165, 1.54) is 0 Å². The van der Waals surface area contributed by atoms with Crippen molar-refractivity contribution in [3.63, 3.8) is 0 Å². The number of fused-ring (bicyclic) bond motifs is 3. The van der Waals surface area contributed by atoms with Crippen LogP contribution in [-0.2, 0) is 4.79 Å². The summed E-state index contributed by atoms with van der Waals surface area (Å²) in [6.45, 7) is 1.62. The SMILES string of the molecule is CC(C(=O)[O-])c1ccc2c(c1)[nH]c1ccc(Cl)cc12. The summed E-state index contributed by atoms with van der Waals surface area (Å²) in [5, 5.41) is 13.7. The van der Waals surface area contributed by atoms with Crippen LogP contribution in [0.25, 0.3) is 21.8 Å². The van der Waals surface area contributed by atoms with E-state index in [4.69, 9.17) is 11.6 Å². The summed E-state index contributed by atoms with van der Waals surface area (Å²) >= 11 is 6.00. The van der Waals surface area contributed by atoms with Gasteiger partial charge in [-0.25, -0.2) is 0 Å². The number of halogens is 1. The lowest BCUT2D eigenvalue weighted by Crippen LogP contribution is -2.27. The molecule has 0 fully saturated rings. The summed E-state index contributed by atoms with van der Waals surface area (Å²) in [7, 11) is 0. The average Bonchev–Trinajstić information content (AvgIpc) is 2.74. The van der Waals surface area contributed by atoms with Crippen molar-refractivity contribution >= 4 is 39.4 Å². The molecule has 0 aliphatic rings. The molecular weight excluding hydrogens is 262 g/mol. The molecule has 1 N–H and O–H groups in total. The average molecular weight is 273 g/mol. The number of carbonyl (C=O) groups is 1. The van der Waals surface area contributed by atoms with Crippen molar-refractivity contribution in [2.75, 3.05) is 0 Å². The van der Waals surface area contributed by atoms with Crippen molar-refractivity contribution in [1.82, 2.24) is 4.98 Å². The number of carboxylic acids is 1. The van der Waals surface area contributed by atoms with Gasteiger partial charge in [0.25, 0.3) is 0 Å². The van der Waals surface area contributed by atoms with Crippen LogP contribution in [0.15, 0.2) is 36.4 Å². The summed E-state index contributed by atoms with van der Waals surface area (Å²) < 4.78 is 0. The van der Waals surface area contributed by atoms with Gasteiger partial charge in [0.05, 0.1) is 0 Å². The van der Waals surface area contributed by atoms with Crippen LogP contribution >= 0.6 is 11.6 Å². The first-order valence-electron chi connectivity index (χ1n) is 5.98. The zero-order chi connectivity index (χ0) is 13.6. The number of rotatable bonds is 2. The Morgan fingerprint density at radius 1 is 1.16 bits per heavy atom. The maximum absolute atomic E-state index is 10.9. The van der Waals surface area contributed by atoms with Gasteiger partial charge in [-0.05, 0) is 29.8 Å². The molecule has 3 aromatic rings. The van der Waals surface area contributed by atoms with Crippen molar-refractivity contribution in [3.05, 3.63) is 47.0 Å². The van der Waals surface area contributed by atoms with Gasteiger partial charge in [-0.3, -0.25) is 0 Å². The third-order valence-corrected chi connectivity index (χ3v) is 3.67. The second-order valence-corrected chi connectivity index (χ2v) is 5.10. The summed E-state index contributed by atoms with van der Waals surface area (Å²) in [5.74, 6) is -1.70. The second kappa shape index (κ2) is 4.28. The molecule has 4 heteroatoms. The number of benzene rings is 2. The summed E-state index contributed by atoms with van der Waals surface area (Å²) in [5.41, 5.74) is 2.62. The van der Waals surface area contributed by atoms with Crippen LogP contribution in [0.2, 0.25) is 5.02 Å². The van der Waals surface area contributed by atoms with Gasteiger partial charge in [0.1, 0.15) is 0 Å². The summed E-state index contributed by atoms with van der Waals surface area (Å²) in [6, 6.07) is 11.2. The van der Waals surface area contributed by atoms with E-state index in [0.29, 0.717) is 5.02 Å². The van der Waals surface area contributed by atoms with E-state index < -0.39 is 11.9 Å². The van der Waals surface area contributed by atoms with Crippen molar-refractivity contribution in [1.29, 1.82) is 0 Å². The number of nitrogens with one attached hydrogen (secondary N) is 1. The van der Waals surface area contributed by atoms with Gasteiger partial charge in [-0.2, -0.15) is 0 Å². The Morgan fingerprint density at radius 2 is 1.95 bits per heavy atom. The standard InChI is InChI=1S/C15H12ClNO2/c1-8(15(18)19)9-2-4-11-12-7-10(16)3-5-13(12)17-14(11)6-9/h2-8,17H,1H3,(H,18,19)/p-1. The van der Waals surface area contributed by atoms with E-state index in [0.717, 1.165) is 27.4 Å². The Labute approximate surface area is 114 Å². The zero-order valence-corrected chi connectivity index (χ0v) is 11.0. The fourth-order valence-corrected chi connectivity index (χ4v) is 2.47. The van der Waals surface area contributed by atoms with Gasteiger partial charge in [-0.1, -0.05) is 30.7 Å². The lowest BCUT2D eigenvalue weighted by molar-refractivity contribution is -0.307. The molecule has 0 aliphatic carbocycles. The van der Waals surface area contributed by atoms with Crippen LogP contribution in [0, 0.1) is 0 Å². The minimum Gasteiger partial charge on any atom is -0.550 e. The number of hydrogen-bond donors (Lipinski definition) is 1. The zero-order valence-electron chi connectivity index (χ0n) is 10.2. The maximum atomic E-state index is 10.9. The molecule has 0 spiro atoms. The first-order chi connectivity index (χ1) is 9.06. The fraction of sp³-hybridized carbons (Fsp3) is 0.133. The first kappa shape index (κ1) is 12.1. The molecule has 0 aliphatic heterocycles. The van der Waals surface area contributed by atoms with Crippen LogP contribution in [0.5, 0.6) is 0 Å². The molecule has 3 rings (SSSR count). The van der Waals surface area contributed by atoms with Crippen molar-refractivity contribution in [3.8, 4) is 0 Å². The van der Waals surface area contributed by atoms with Crippen LogP contribution in [0.1, 0.15) is 18.4 Å². The molecule has 1 heterocycles. The minimum atomic E-state index is -1.07. The van der Waals surface area contributed by atoms with Gasteiger partial charge in [0.15, 0.2) is 0 Å². The number of aromatic amines is 1. The predicted octanol–water partition coefficient (Wildman–Crippen LogP) is 2.83. The van der Waals surface area contributed by atoms with E-state index in [-0.39, 0.29) is 0 Å². The minimum absolute atomic E-state index is 0.626. The Balaban J connectivity index is 2.24. The van der Waals surface area contributed by atoms with E-state index in [9.17, 15) is 9.90 Å². The Kier molecular flexibility index (Phi) is 2.72. The number of aliphatic carboxylic acids is 1. The van der Waals surface area contributed by atoms with E-state index >= 15 is 0 Å². The highest BCUT2D eigenvalue weighted by molar-refractivity contribution is 6.31. The van der Waals surface area contributed by atoms with Gasteiger partial charge < -0.3 is 14.9 Å². The van der Waals surface area contributed by atoms with Crippen LogP contribution < -0.4 is 5.11 Å². The van der Waals surface area contributed by atoms with Crippen LogP contribution in [0.4, 0.5) is 0 Å². The molecule has 1 unspecified atom stereocenters. The molecule has 2 aromatic carbocycles. The molecule has 96 valence electrons. The Bertz CT molecular complexity index is 791. The van der Waals surface area contributed by atoms with Crippen molar-refractivity contribution in [2.45, 2.75) is 12.8 Å². The van der Waals surface area contributed by atoms with Crippen molar-refractivity contribution in [2.24, 2.45) is 0 Å². The normalized spacial score (nSPS) is 12.9. The lowest BCUT2D eigenvalue weighted by Gasteiger charge is -2.12. The van der Waals surface area contributed by atoms with E-state index in [1.54, 1.807) is 6.92 Å². The Morgan fingerprint density at radius 3 is 2.68 bits per heavy atom. The molecule has 3 nitrogen and oxygen atoms in total. The van der Waals surface area contributed by atoms with Gasteiger partial charge in [0.2, 0.25) is 0 Å². The van der Waals surface area contributed by atoms with Crippen LogP contribution in [0.3, 0.4) is 0 Å². The Hall–Kier alpha value is -2.00. The molecule has 1 atom stereocenters. The molecule has 0 bridgehead atoms. The molecule has 1 aromatic heterocycles. The smallest absolute Gasteiger partial charge is 0.0486 e. The molecule has 19 heavy (non-hydrogen) atoms. The number of hydrogen-bond acceptors (Lipinski definition) is 2. The third-order valence-electron chi connectivity index (χ3n) is 3.44. The molecule has 0 saturated heterocycles. The third kappa shape index (κ3) is 1.96. The predicted molar refractivity (Wildman–Crippen MR) is 74.2 cm³/mol. The van der Waals surface area contributed by atoms with Gasteiger partial charge in [0, 0.05) is 38.7 Å².